The summed E-state index contributed by atoms with van der Waals surface area (Å²) in [5.74, 6) is 0.428. The summed E-state index contributed by atoms with van der Waals surface area (Å²) in [6.45, 7) is 9.07. The van der Waals surface area contributed by atoms with Crippen molar-refractivity contribution in [2.45, 2.75) is 26.4 Å². The number of nitrogens with one attached hydrogen (secondary N) is 1. The summed E-state index contributed by atoms with van der Waals surface area (Å²) in [6.07, 6.45) is 2.68. The Morgan fingerprint density at radius 1 is 1.59 bits per heavy atom. The maximum Gasteiger partial charge on any atom is 0.413 e. The second-order valence-corrected chi connectivity index (χ2v) is 5.34. The minimum Gasteiger partial charge on any atom is -0.444 e. The van der Waals surface area contributed by atoms with E-state index in [0.717, 1.165) is 10.0 Å². The third-order valence-corrected chi connectivity index (χ3v) is 2.16. The van der Waals surface area contributed by atoms with Gasteiger partial charge in [-0.15, -0.1) is 0 Å². The fourth-order valence-corrected chi connectivity index (χ4v) is 1.46. The van der Waals surface area contributed by atoms with Gasteiger partial charge >= 0.3 is 6.09 Å². The maximum atomic E-state index is 11.6. The summed E-state index contributed by atoms with van der Waals surface area (Å²) >= 11 is 3.30. The van der Waals surface area contributed by atoms with E-state index in [9.17, 15) is 4.79 Å². The zero-order chi connectivity index (χ0) is 13.1. The van der Waals surface area contributed by atoms with Crippen molar-refractivity contribution in [1.82, 2.24) is 4.98 Å². The van der Waals surface area contributed by atoms with Crippen LogP contribution in [0.2, 0.25) is 0 Å². The predicted molar refractivity (Wildman–Crippen MR) is 71.9 cm³/mol. The van der Waals surface area contributed by atoms with Gasteiger partial charge in [0.05, 0.1) is 0 Å². The first-order valence-electron chi connectivity index (χ1n) is 5.10. The first kappa shape index (κ1) is 13.7. The number of aromatic nitrogens is 1. The summed E-state index contributed by atoms with van der Waals surface area (Å²) < 4.78 is 5.96. The van der Waals surface area contributed by atoms with E-state index in [0.29, 0.717) is 5.82 Å². The Morgan fingerprint density at radius 3 is 2.76 bits per heavy atom. The van der Waals surface area contributed by atoms with Crippen LogP contribution in [-0.4, -0.2) is 16.7 Å². The molecule has 0 aliphatic carbocycles. The van der Waals surface area contributed by atoms with E-state index >= 15 is 0 Å². The summed E-state index contributed by atoms with van der Waals surface area (Å²) in [5.41, 5.74) is 0.193. The van der Waals surface area contributed by atoms with E-state index in [2.05, 4.69) is 32.8 Å². The van der Waals surface area contributed by atoms with E-state index in [-0.39, 0.29) is 0 Å². The van der Waals surface area contributed by atoms with Crippen molar-refractivity contribution in [1.29, 1.82) is 0 Å². The summed E-state index contributed by atoms with van der Waals surface area (Å²) in [4.78, 5) is 15.7. The molecule has 0 spiro atoms. The SMILES string of the molecule is C=Cc1cc(Br)cnc1NC(=O)OC(C)(C)C. The van der Waals surface area contributed by atoms with E-state index in [1.165, 1.54) is 0 Å². The number of pyridine rings is 1. The van der Waals surface area contributed by atoms with Gasteiger partial charge < -0.3 is 4.74 Å². The Balaban J connectivity index is 2.81. The molecule has 0 aromatic carbocycles. The molecular weight excluding hydrogens is 284 g/mol. The number of hydrogen-bond acceptors (Lipinski definition) is 3. The van der Waals surface area contributed by atoms with Gasteiger partial charge in [-0.25, -0.2) is 9.78 Å². The molecule has 1 heterocycles. The van der Waals surface area contributed by atoms with Crippen LogP contribution in [0.5, 0.6) is 0 Å². The maximum absolute atomic E-state index is 11.6. The van der Waals surface area contributed by atoms with Gasteiger partial charge in [0.15, 0.2) is 0 Å². The van der Waals surface area contributed by atoms with Crippen LogP contribution < -0.4 is 5.32 Å². The number of rotatable bonds is 2. The number of ether oxygens (including phenoxy) is 1. The average molecular weight is 299 g/mol. The van der Waals surface area contributed by atoms with Gasteiger partial charge in [-0.3, -0.25) is 5.32 Å². The van der Waals surface area contributed by atoms with Crippen LogP contribution in [0.25, 0.3) is 6.08 Å². The quantitative estimate of drug-likeness (QED) is 0.902. The van der Waals surface area contributed by atoms with Crippen molar-refractivity contribution in [3.8, 4) is 0 Å². The first-order valence-corrected chi connectivity index (χ1v) is 5.89. The van der Waals surface area contributed by atoms with Crippen molar-refractivity contribution >= 4 is 33.9 Å². The van der Waals surface area contributed by atoms with Gasteiger partial charge in [0.1, 0.15) is 11.4 Å². The molecule has 0 saturated heterocycles. The second-order valence-electron chi connectivity index (χ2n) is 4.42. The smallest absolute Gasteiger partial charge is 0.413 e. The van der Waals surface area contributed by atoms with Gasteiger partial charge in [-0.2, -0.15) is 0 Å². The third kappa shape index (κ3) is 4.56. The molecular formula is C12H15BrN2O2. The standard InChI is InChI=1S/C12H15BrN2O2/c1-5-8-6-9(13)7-14-10(8)15-11(16)17-12(2,3)4/h5-7H,1H2,2-4H3,(H,14,15,16). The zero-order valence-corrected chi connectivity index (χ0v) is 11.7. The predicted octanol–water partition coefficient (Wildman–Crippen LogP) is 3.83. The highest BCUT2D eigenvalue weighted by Crippen LogP contribution is 2.19. The lowest BCUT2D eigenvalue weighted by atomic mass is 10.2. The molecule has 17 heavy (non-hydrogen) atoms. The minimum absolute atomic E-state index is 0.428. The van der Waals surface area contributed by atoms with E-state index in [4.69, 9.17) is 4.74 Å². The molecule has 0 radical (unpaired) electrons. The Bertz CT molecular complexity index is 439. The number of carbonyl (C=O) groups excluding carboxylic acids is 1. The molecule has 0 saturated carbocycles. The monoisotopic (exact) mass is 298 g/mol. The van der Waals surface area contributed by atoms with Crippen molar-refractivity contribution < 1.29 is 9.53 Å². The third-order valence-electron chi connectivity index (χ3n) is 1.72. The molecule has 0 aliphatic heterocycles. The number of amides is 1. The molecule has 0 fully saturated rings. The summed E-state index contributed by atoms with van der Waals surface area (Å²) in [5, 5.41) is 2.58. The van der Waals surface area contributed by atoms with Crippen LogP contribution >= 0.6 is 15.9 Å². The highest BCUT2D eigenvalue weighted by Gasteiger charge is 2.17. The lowest BCUT2D eigenvalue weighted by molar-refractivity contribution is 0.0635. The molecule has 0 atom stereocenters. The Kier molecular flexibility index (Phi) is 4.28. The topological polar surface area (TPSA) is 51.2 Å². The summed E-state index contributed by atoms with van der Waals surface area (Å²) in [7, 11) is 0. The van der Waals surface area contributed by atoms with Gasteiger partial charge in [-0.05, 0) is 42.8 Å². The molecule has 1 amide bonds. The molecule has 4 nitrogen and oxygen atoms in total. The van der Waals surface area contributed by atoms with Crippen LogP contribution in [0.1, 0.15) is 26.3 Å². The summed E-state index contributed by atoms with van der Waals surface area (Å²) in [6, 6.07) is 1.81. The molecule has 1 rings (SSSR count). The number of hydrogen-bond donors (Lipinski definition) is 1. The molecule has 5 heteroatoms. The fourth-order valence-electron chi connectivity index (χ4n) is 1.12. The van der Waals surface area contributed by atoms with Crippen molar-refractivity contribution in [2.75, 3.05) is 5.32 Å². The van der Waals surface area contributed by atoms with E-state index in [1.54, 1.807) is 33.0 Å². The second kappa shape index (κ2) is 5.31. The van der Waals surface area contributed by atoms with Crippen LogP contribution in [0, 0.1) is 0 Å². The van der Waals surface area contributed by atoms with E-state index in [1.807, 2.05) is 6.07 Å². The number of nitrogens with zero attached hydrogens (tertiary/aromatic N) is 1. The molecule has 0 aliphatic rings. The lowest BCUT2D eigenvalue weighted by Gasteiger charge is -2.19. The normalized spacial score (nSPS) is 10.8. The Hall–Kier alpha value is -1.36. The number of anilines is 1. The van der Waals surface area contributed by atoms with Gasteiger partial charge in [0.2, 0.25) is 0 Å². The number of halogens is 1. The Morgan fingerprint density at radius 2 is 2.24 bits per heavy atom. The minimum atomic E-state index is -0.534. The fraction of sp³-hybridized carbons (Fsp3) is 0.333. The van der Waals surface area contributed by atoms with Crippen molar-refractivity contribution in [3.63, 3.8) is 0 Å². The molecule has 1 N–H and O–H groups in total. The van der Waals surface area contributed by atoms with Gasteiger partial charge in [0.25, 0.3) is 0 Å². The molecule has 1 aromatic heterocycles. The van der Waals surface area contributed by atoms with E-state index < -0.39 is 11.7 Å². The highest BCUT2D eigenvalue weighted by atomic mass is 79.9. The van der Waals surface area contributed by atoms with Crippen molar-refractivity contribution in [3.05, 3.63) is 28.9 Å². The lowest BCUT2D eigenvalue weighted by Crippen LogP contribution is -2.27. The largest absolute Gasteiger partial charge is 0.444 e. The van der Waals surface area contributed by atoms with Gasteiger partial charge in [-0.1, -0.05) is 12.7 Å². The number of carbonyl (C=O) groups is 1. The zero-order valence-electron chi connectivity index (χ0n) is 10.1. The average Bonchev–Trinajstić information content (AvgIpc) is 2.17. The highest BCUT2D eigenvalue weighted by molar-refractivity contribution is 9.10. The van der Waals surface area contributed by atoms with Crippen LogP contribution in [0.15, 0.2) is 23.3 Å². The molecule has 92 valence electrons. The van der Waals surface area contributed by atoms with Crippen LogP contribution in [0.4, 0.5) is 10.6 Å². The van der Waals surface area contributed by atoms with Crippen molar-refractivity contribution in [2.24, 2.45) is 0 Å². The molecule has 1 aromatic rings. The first-order chi connectivity index (χ1) is 7.81. The Labute approximate surface area is 109 Å². The van der Waals surface area contributed by atoms with Gasteiger partial charge in [0, 0.05) is 16.2 Å². The van der Waals surface area contributed by atoms with Crippen LogP contribution in [0.3, 0.4) is 0 Å². The van der Waals surface area contributed by atoms with Crippen LogP contribution in [-0.2, 0) is 4.74 Å². The molecule has 0 bridgehead atoms. The molecule has 0 unspecified atom stereocenters.